The van der Waals surface area contributed by atoms with Crippen LogP contribution in [0.2, 0.25) is 0 Å². The highest BCUT2D eigenvalue weighted by Gasteiger charge is 2.14. The predicted octanol–water partition coefficient (Wildman–Crippen LogP) is 6.68. The maximum Gasteiger partial charge on any atom is 0.0785 e. The van der Waals surface area contributed by atoms with E-state index >= 15 is 0 Å². The van der Waals surface area contributed by atoms with E-state index in [1.165, 1.54) is 32.1 Å². The van der Waals surface area contributed by atoms with Crippen molar-refractivity contribution in [3.8, 4) is 0 Å². The SMILES string of the molecule is C=CC.CC[C@@H](C)CCC(C)C(C)CC[C@@H](C)OC.CF. The monoisotopic (exact) mass is 304 g/mol. The van der Waals surface area contributed by atoms with Crippen molar-refractivity contribution in [2.45, 2.75) is 79.8 Å². The van der Waals surface area contributed by atoms with E-state index in [2.05, 4.69) is 41.2 Å². The van der Waals surface area contributed by atoms with Crippen LogP contribution in [-0.2, 0) is 4.74 Å². The molecule has 0 saturated heterocycles. The van der Waals surface area contributed by atoms with Crippen LogP contribution < -0.4 is 0 Å². The molecule has 0 aliphatic rings. The summed E-state index contributed by atoms with van der Waals surface area (Å²) in [5.74, 6) is 2.59. The van der Waals surface area contributed by atoms with Gasteiger partial charge in [0.25, 0.3) is 0 Å². The van der Waals surface area contributed by atoms with Gasteiger partial charge in [0.15, 0.2) is 0 Å². The molecule has 0 aliphatic carbocycles. The van der Waals surface area contributed by atoms with Crippen LogP contribution in [0.5, 0.6) is 0 Å². The zero-order valence-electron chi connectivity index (χ0n) is 15.9. The fourth-order valence-electron chi connectivity index (χ4n) is 1.94. The van der Waals surface area contributed by atoms with Crippen molar-refractivity contribution in [2.24, 2.45) is 17.8 Å². The first kappa shape index (κ1) is 25.6. The van der Waals surface area contributed by atoms with Crippen LogP contribution in [0, 0.1) is 17.8 Å². The Morgan fingerprint density at radius 1 is 0.952 bits per heavy atom. The molecule has 130 valence electrons. The van der Waals surface area contributed by atoms with Crippen molar-refractivity contribution in [3.05, 3.63) is 12.7 Å². The summed E-state index contributed by atoms with van der Waals surface area (Å²) in [5.41, 5.74) is 0. The number of methoxy groups -OCH3 is 1. The molecule has 0 aromatic heterocycles. The van der Waals surface area contributed by atoms with E-state index in [0.29, 0.717) is 13.3 Å². The smallest absolute Gasteiger partial charge is 0.0785 e. The summed E-state index contributed by atoms with van der Waals surface area (Å²) in [6.07, 6.45) is 8.77. The average Bonchev–Trinajstić information content (AvgIpc) is 2.51. The molecule has 21 heavy (non-hydrogen) atoms. The molecule has 0 rings (SSSR count). The second-order valence-corrected chi connectivity index (χ2v) is 6.08. The van der Waals surface area contributed by atoms with Gasteiger partial charge in [-0.1, -0.05) is 53.0 Å². The molecule has 0 aliphatic heterocycles. The van der Waals surface area contributed by atoms with E-state index in [9.17, 15) is 4.39 Å². The lowest BCUT2D eigenvalue weighted by Crippen LogP contribution is -2.13. The highest BCUT2D eigenvalue weighted by molar-refractivity contribution is 4.65. The van der Waals surface area contributed by atoms with Crippen LogP contribution in [-0.4, -0.2) is 20.4 Å². The molecule has 0 fully saturated rings. The Labute approximate surface area is 134 Å². The topological polar surface area (TPSA) is 9.23 Å². The van der Waals surface area contributed by atoms with Gasteiger partial charge in [-0.05, 0) is 44.4 Å². The van der Waals surface area contributed by atoms with Gasteiger partial charge in [-0.2, -0.15) is 0 Å². The molecule has 0 N–H and O–H groups in total. The first-order valence-electron chi connectivity index (χ1n) is 8.40. The molecule has 2 unspecified atom stereocenters. The lowest BCUT2D eigenvalue weighted by atomic mass is 9.85. The third kappa shape index (κ3) is 19.6. The van der Waals surface area contributed by atoms with Gasteiger partial charge in [0.1, 0.15) is 0 Å². The van der Waals surface area contributed by atoms with E-state index in [1.54, 1.807) is 6.08 Å². The summed E-state index contributed by atoms with van der Waals surface area (Å²) in [4.78, 5) is 0. The summed E-state index contributed by atoms with van der Waals surface area (Å²) in [6.45, 7) is 16.9. The Kier molecular flexibility index (Phi) is 23.9. The molecule has 0 spiro atoms. The molecule has 0 aromatic carbocycles. The van der Waals surface area contributed by atoms with E-state index in [-0.39, 0.29) is 0 Å². The van der Waals surface area contributed by atoms with Crippen molar-refractivity contribution < 1.29 is 9.13 Å². The van der Waals surface area contributed by atoms with Crippen LogP contribution in [0.1, 0.15) is 73.6 Å². The van der Waals surface area contributed by atoms with E-state index in [4.69, 9.17) is 4.74 Å². The van der Waals surface area contributed by atoms with Gasteiger partial charge < -0.3 is 4.74 Å². The number of hydrogen-bond acceptors (Lipinski definition) is 1. The molecule has 0 heterocycles. The van der Waals surface area contributed by atoms with Gasteiger partial charge >= 0.3 is 0 Å². The van der Waals surface area contributed by atoms with Crippen LogP contribution in [0.3, 0.4) is 0 Å². The Balaban J connectivity index is -0.000000569. The summed E-state index contributed by atoms with van der Waals surface area (Å²) in [6, 6.07) is 0. The molecular formula is C19H41FO. The van der Waals surface area contributed by atoms with Crippen LogP contribution in [0.25, 0.3) is 0 Å². The number of ether oxygens (including phenoxy) is 1. The molecule has 0 radical (unpaired) electrons. The maximum atomic E-state index is 9.50. The van der Waals surface area contributed by atoms with Gasteiger partial charge in [-0.3, -0.25) is 4.39 Å². The van der Waals surface area contributed by atoms with Crippen molar-refractivity contribution in [1.29, 1.82) is 0 Å². The number of rotatable bonds is 9. The molecule has 1 nitrogen and oxygen atoms in total. The molecule has 0 bridgehead atoms. The minimum atomic E-state index is 0.421. The normalized spacial score (nSPS) is 15.5. The molecule has 0 saturated carbocycles. The second kappa shape index (κ2) is 19.6. The van der Waals surface area contributed by atoms with Crippen molar-refractivity contribution in [3.63, 3.8) is 0 Å². The summed E-state index contributed by atoms with van der Waals surface area (Å²) < 4.78 is 14.8. The number of allylic oxidation sites excluding steroid dienone is 1. The van der Waals surface area contributed by atoms with Gasteiger partial charge in [-0.25, -0.2) is 0 Å². The summed E-state index contributed by atoms with van der Waals surface area (Å²) in [5, 5.41) is 0. The van der Waals surface area contributed by atoms with Gasteiger partial charge in [0.05, 0.1) is 13.3 Å². The largest absolute Gasteiger partial charge is 0.382 e. The van der Waals surface area contributed by atoms with Crippen molar-refractivity contribution in [2.75, 3.05) is 14.3 Å². The van der Waals surface area contributed by atoms with Crippen molar-refractivity contribution >= 4 is 0 Å². The van der Waals surface area contributed by atoms with E-state index < -0.39 is 0 Å². The second-order valence-electron chi connectivity index (χ2n) is 6.08. The quantitative estimate of drug-likeness (QED) is 0.432. The fraction of sp³-hybridized carbons (Fsp3) is 0.895. The van der Waals surface area contributed by atoms with Gasteiger partial charge in [0, 0.05) is 7.11 Å². The molecule has 0 aromatic rings. The van der Waals surface area contributed by atoms with E-state index in [0.717, 1.165) is 17.8 Å². The van der Waals surface area contributed by atoms with Crippen LogP contribution in [0.4, 0.5) is 4.39 Å². The first-order valence-corrected chi connectivity index (χ1v) is 8.40. The van der Waals surface area contributed by atoms with Crippen molar-refractivity contribution in [1.82, 2.24) is 0 Å². The Bertz CT molecular complexity index is 176. The Morgan fingerprint density at radius 3 is 1.67 bits per heavy atom. The molecular weight excluding hydrogens is 263 g/mol. The zero-order valence-corrected chi connectivity index (χ0v) is 15.9. The predicted molar refractivity (Wildman–Crippen MR) is 95.6 cm³/mol. The average molecular weight is 305 g/mol. The van der Waals surface area contributed by atoms with Crippen LogP contribution >= 0.6 is 0 Å². The molecule has 2 heteroatoms. The Morgan fingerprint density at radius 2 is 1.33 bits per heavy atom. The molecule has 0 amide bonds. The highest BCUT2D eigenvalue weighted by atomic mass is 19.1. The minimum absolute atomic E-state index is 0.421. The lowest BCUT2D eigenvalue weighted by molar-refractivity contribution is 0.101. The third-order valence-corrected chi connectivity index (χ3v) is 4.21. The highest BCUT2D eigenvalue weighted by Crippen LogP contribution is 2.25. The summed E-state index contributed by atoms with van der Waals surface area (Å²) >= 11 is 0. The van der Waals surface area contributed by atoms with Crippen LogP contribution in [0.15, 0.2) is 12.7 Å². The number of hydrogen-bond donors (Lipinski definition) is 0. The fourth-order valence-corrected chi connectivity index (χ4v) is 1.94. The lowest BCUT2D eigenvalue weighted by Gasteiger charge is -2.22. The maximum absolute atomic E-state index is 9.50. The number of alkyl halides is 1. The minimum Gasteiger partial charge on any atom is -0.382 e. The van der Waals surface area contributed by atoms with Gasteiger partial charge in [-0.15, -0.1) is 6.58 Å². The summed E-state index contributed by atoms with van der Waals surface area (Å²) in [7, 11) is 2.31. The van der Waals surface area contributed by atoms with E-state index in [1.807, 2.05) is 14.0 Å². The standard InChI is InChI=1S/C15H32O.C3H6.CH3F/c1-7-12(2)8-9-13(3)14(4)10-11-15(5)16-6;1-3-2;1-2/h12-15H,7-11H2,1-6H3;3H,1H2,2H3;1H3/t12-,13?,14?,15-;;/m1../s1. The molecule has 4 atom stereocenters. The third-order valence-electron chi connectivity index (χ3n) is 4.21. The van der Waals surface area contributed by atoms with Gasteiger partial charge in [0.2, 0.25) is 0 Å². The zero-order chi connectivity index (χ0) is 17.3. The first-order chi connectivity index (χ1) is 9.92. The Hall–Kier alpha value is -0.370. The number of halogens is 1.